The first-order valence-corrected chi connectivity index (χ1v) is 5.02. The van der Waals surface area contributed by atoms with E-state index in [9.17, 15) is 0 Å². The molecular formula is C11H14ClN3. The quantitative estimate of drug-likeness (QED) is 0.827. The number of halogens is 1. The zero-order valence-electron chi connectivity index (χ0n) is 8.84. The second kappa shape index (κ2) is 4.52. The van der Waals surface area contributed by atoms with E-state index in [0.29, 0.717) is 17.1 Å². The lowest BCUT2D eigenvalue weighted by molar-refractivity contribution is 0.549. The van der Waals surface area contributed by atoms with Crippen LogP contribution in [0.5, 0.6) is 0 Å². The number of rotatable bonds is 3. The number of nitriles is 1. The van der Waals surface area contributed by atoms with Crippen LogP contribution in [0, 0.1) is 11.3 Å². The molecule has 3 nitrogen and oxygen atoms in total. The van der Waals surface area contributed by atoms with Crippen LogP contribution >= 0.6 is 11.6 Å². The van der Waals surface area contributed by atoms with Crippen LogP contribution in [0.15, 0.2) is 18.2 Å². The summed E-state index contributed by atoms with van der Waals surface area (Å²) in [6.45, 7) is 4.48. The molecule has 0 atom stereocenters. The third-order valence-corrected chi connectivity index (χ3v) is 2.15. The summed E-state index contributed by atoms with van der Waals surface area (Å²) in [5.74, 6) is 0. The molecule has 0 saturated heterocycles. The van der Waals surface area contributed by atoms with E-state index >= 15 is 0 Å². The standard InChI is InChI=1S/C11H14ClN3/c1-11(2,14)7-15-10-4-3-8(6-13)5-9(10)12/h3-5,15H,7,14H2,1-2H3. The Kier molecular flexibility index (Phi) is 3.57. The number of benzene rings is 1. The van der Waals surface area contributed by atoms with E-state index in [1.165, 1.54) is 0 Å². The molecule has 3 N–H and O–H groups in total. The second-order valence-corrected chi connectivity index (χ2v) is 4.56. The first-order valence-electron chi connectivity index (χ1n) is 4.65. The Morgan fingerprint density at radius 3 is 2.67 bits per heavy atom. The Hall–Kier alpha value is -1.24. The summed E-state index contributed by atoms with van der Waals surface area (Å²) in [7, 11) is 0. The number of hydrogen-bond acceptors (Lipinski definition) is 3. The summed E-state index contributed by atoms with van der Waals surface area (Å²) in [5, 5.41) is 12.3. The highest BCUT2D eigenvalue weighted by Gasteiger charge is 2.10. The van der Waals surface area contributed by atoms with Crippen molar-refractivity contribution in [2.24, 2.45) is 5.73 Å². The minimum atomic E-state index is -0.294. The zero-order chi connectivity index (χ0) is 11.5. The van der Waals surface area contributed by atoms with Gasteiger partial charge < -0.3 is 11.1 Å². The maximum atomic E-state index is 8.66. The number of anilines is 1. The molecule has 80 valence electrons. The summed E-state index contributed by atoms with van der Waals surface area (Å²) < 4.78 is 0. The van der Waals surface area contributed by atoms with Crippen molar-refractivity contribution in [3.63, 3.8) is 0 Å². The predicted octanol–water partition coefficient (Wildman–Crippen LogP) is 2.36. The van der Waals surface area contributed by atoms with E-state index in [1.54, 1.807) is 18.2 Å². The number of nitrogens with zero attached hydrogens (tertiary/aromatic N) is 1. The molecule has 0 amide bonds. The van der Waals surface area contributed by atoms with Crippen molar-refractivity contribution in [3.8, 4) is 6.07 Å². The summed E-state index contributed by atoms with van der Waals surface area (Å²) in [4.78, 5) is 0. The van der Waals surface area contributed by atoms with E-state index in [-0.39, 0.29) is 5.54 Å². The Labute approximate surface area is 94.8 Å². The highest BCUT2D eigenvalue weighted by molar-refractivity contribution is 6.33. The van der Waals surface area contributed by atoms with E-state index in [0.717, 1.165) is 5.69 Å². The highest BCUT2D eigenvalue weighted by Crippen LogP contribution is 2.22. The first-order chi connectivity index (χ1) is 6.92. The minimum Gasteiger partial charge on any atom is -0.382 e. The summed E-state index contributed by atoms with van der Waals surface area (Å²) in [6, 6.07) is 7.17. The van der Waals surface area contributed by atoms with Gasteiger partial charge >= 0.3 is 0 Å². The van der Waals surface area contributed by atoms with Crippen LogP contribution in [-0.4, -0.2) is 12.1 Å². The fourth-order valence-corrected chi connectivity index (χ4v) is 1.30. The van der Waals surface area contributed by atoms with Crippen molar-refractivity contribution >= 4 is 17.3 Å². The normalized spacial score (nSPS) is 10.9. The summed E-state index contributed by atoms with van der Waals surface area (Å²) in [5.41, 5.74) is 6.89. The van der Waals surface area contributed by atoms with Crippen molar-refractivity contribution in [2.75, 3.05) is 11.9 Å². The lowest BCUT2D eigenvalue weighted by Crippen LogP contribution is -2.39. The molecule has 4 heteroatoms. The molecule has 0 aliphatic rings. The van der Waals surface area contributed by atoms with E-state index in [2.05, 4.69) is 5.32 Å². The van der Waals surface area contributed by atoms with Gasteiger partial charge in [-0.25, -0.2) is 0 Å². The van der Waals surface area contributed by atoms with Crippen LogP contribution in [0.25, 0.3) is 0 Å². The lowest BCUT2D eigenvalue weighted by atomic mass is 10.1. The summed E-state index contributed by atoms with van der Waals surface area (Å²) in [6.07, 6.45) is 0. The molecule has 1 aromatic carbocycles. The van der Waals surface area contributed by atoms with E-state index in [4.69, 9.17) is 22.6 Å². The monoisotopic (exact) mass is 223 g/mol. The fraction of sp³-hybridized carbons (Fsp3) is 0.364. The fourth-order valence-electron chi connectivity index (χ4n) is 1.05. The number of nitrogens with one attached hydrogen (secondary N) is 1. The predicted molar refractivity (Wildman–Crippen MR) is 62.9 cm³/mol. The molecule has 0 saturated carbocycles. The molecule has 0 bridgehead atoms. The van der Waals surface area contributed by atoms with Crippen LogP contribution in [0.4, 0.5) is 5.69 Å². The van der Waals surface area contributed by atoms with E-state index < -0.39 is 0 Å². The van der Waals surface area contributed by atoms with Gasteiger partial charge in [-0.3, -0.25) is 0 Å². The average molecular weight is 224 g/mol. The smallest absolute Gasteiger partial charge is 0.0992 e. The van der Waals surface area contributed by atoms with Crippen LogP contribution in [-0.2, 0) is 0 Å². The van der Waals surface area contributed by atoms with Crippen molar-refractivity contribution in [2.45, 2.75) is 19.4 Å². The van der Waals surface area contributed by atoms with Crippen LogP contribution < -0.4 is 11.1 Å². The third-order valence-electron chi connectivity index (χ3n) is 1.83. The van der Waals surface area contributed by atoms with Crippen molar-refractivity contribution in [3.05, 3.63) is 28.8 Å². The van der Waals surface area contributed by atoms with Crippen LogP contribution in [0.2, 0.25) is 5.02 Å². The molecule has 1 aromatic rings. The van der Waals surface area contributed by atoms with Gasteiger partial charge in [-0.05, 0) is 32.0 Å². The van der Waals surface area contributed by atoms with Crippen LogP contribution in [0.1, 0.15) is 19.4 Å². The number of hydrogen-bond donors (Lipinski definition) is 2. The van der Waals surface area contributed by atoms with Gasteiger partial charge in [0.2, 0.25) is 0 Å². The maximum absolute atomic E-state index is 8.66. The Bertz CT molecular complexity index is 388. The third kappa shape index (κ3) is 3.78. The van der Waals surface area contributed by atoms with E-state index in [1.807, 2.05) is 19.9 Å². The molecule has 0 heterocycles. The average Bonchev–Trinajstić information content (AvgIpc) is 2.14. The van der Waals surface area contributed by atoms with Crippen molar-refractivity contribution in [1.29, 1.82) is 5.26 Å². The van der Waals surface area contributed by atoms with Gasteiger partial charge in [-0.1, -0.05) is 11.6 Å². The van der Waals surface area contributed by atoms with Gasteiger partial charge in [0.25, 0.3) is 0 Å². The topological polar surface area (TPSA) is 61.8 Å². The van der Waals surface area contributed by atoms with Gasteiger partial charge in [-0.15, -0.1) is 0 Å². The molecule has 0 aromatic heterocycles. The van der Waals surface area contributed by atoms with Crippen molar-refractivity contribution < 1.29 is 0 Å². The SMILES string of the molecule is CC(C)(N)CNc1ccc(C#N)cc1Cl. The molecule has 1 rings (SSSR count). The highest BCUT2D eigenvalue weighted by atomic mass is 35.5. The largest absolute Gasteiger partial charge is 0.382 e. The maximum Gasteiger partial charge on any atom is 0.0992 e. The van der Waals surface area contributed by atoms with Gasteiger partial charge in [0.15, 0.2) is 0 Å². The van der Waals surface area contributed by atoms with Crippen molar-refractivity contribution in [1.82, 2.24) is 0 Å². The van der Waals surface area contributed by atoms with Gasteiger partial charge in [0.1, 0.15) is 0 Å². The Balaban J connectivity index is 2.76. The minimum absolute atomic E-state index is 0.294. The van der Waals surface area contributed by atoms with Gasteiger partial charge in [-0.2, -0.15) is 5.26 Å². The molecule has 0 fully saturated rings. The molecule has 0 aliphatic carbocycles. The zero-order valence-corrected chi connectivity index (χ0v) is 9.60. The Morgan fingerprint density at radius 1 is 1.53 bits per heavy atom. The number of nitrogens with two attached hydrogens (primary N) is 1. The molecule has 15 heavy (non-hydrogen) atoms. The Morgan fingerprint density at radius 2 is 2.20 bits per heavy atom. The van der Waals surface area contributed by atoms with Gasteiger partial charge in [0.05, 0.1) is 22.3 Å². The molecule has 0 spiro atoms. The lowest BCUT2D eigenvalue weighted by Gasteiger charge is -2.20. The second-order valence-electron chi connectivity index (χ2n) is 4.15. The summed E-state index contributed by atoms with van der Waals surface area (Å²) >= 11 is 5.98. The molecular weight excluding hydrogens is 210 g/mol. The first kappa shape index (κ1) is 11.8. The molecule has 0 radical (unpaired) electrons. The van der Waals surface area contributed by atoms with Gasteiger partial charge in [0, 0.05) is 12.1 Å². The molecule has 0 aliphatic heterocycles. The van der Waals surface area contributed by atoms with Crippen LogP contribution in [0.3, 0.4) is 0 Å². The molecule has 0 unspecified atom stereocenters.